The van der Waals surface area contributed by atoms with Gasteiger partial charge in [-0.15, -0.1) is 0 Å². The van der Waals surface area contributed by atoms with Gasteiger partial charge in [0, 0.05) is 31.6 Å². The van der Waals surface area contributed by atoms with Crippen molar-refractivity contribution in [1.82, 2.24) is 19.5 Å². The van der Waals surface area contributed by atoms with Crippen LogP contribution in [0.4, 0.5) is 17.3 Å². The van der Waals surface area contributed by atoms with Crippen LogP contribution in [0.3, 0.4) is 0 Å². The summed E-state index contributed by atoms with van der Waals surface area (Å²) in [7, 11) is -0.745. The van der Waals surface area contributed by atoms with Crippen LogP contribution in [0.2, 0.25) is 0 Å². The Morgan fingerprint density at radius 1 is 1.09 bits per heavy atom. The molecule has 4 rings (SSSR count). The molecule has 0 saturated carbocycles. The first-order chi connectivity index (χ1) is 15.9. The Morgan fingerprint density at radius 3 is 2.45 bits per heavy atom. The van der Waals surface area contributed by atoms with Crippen LogP contribution >= 0.6 is 0 Å². The first-order valence-electron chi connectivity index (χ1n) is 10.2. The van der Waals surface area contributed by atoms with E-state index in [-0.39, 0.29) is 23.3 Å². The van der Waals surface area contributed by atoms with Crippen molar-refractivity contribution in [3.05, 3.63) is 60.6 Å². The van der Waals surface area contributed by atoms with Gasteiger partial charge in [0.1, 0.15) is 5.75 Å². The van der Waals surface area contributed by atoms with Gasteiger partial charge in [-0.3, -0.25) is 4.72 Å². The Kier molecular flexibility index (Phi) is 6.43. The molecule has 2 heterocycles. The first kappa shape index (κ1) is 22.5. The van der Waals surface area contributed by atoms with Crippen LogP contribution < -0.4 is 14.8 Å². The van der Waals surface area contributed by atoms with Crippen LogP contribution in [0.1, 0.15) is 12.0 Å². The van der Waals surface area contributed by atoms with E-state index in [0.29, 0.717) is 35.3 Å². The summed E-state index contributed by atoms with van der Waals surface area (Å²) >= 11 is 0. The molecule has 0 radical (unpaired) electrons. The van der Waals surface area contributed by atoms with E-state index in [4.69, 9.17) is 4.74 Å². The molecule has 0 amide bonds. The van der Waals surface area contributed by atoms with Crippen molar-refractivity contribution in [3.63, 3.8) is 0 Å². The number of benzene rings is 2. The Balaban J connectivity index is 1.79. The summed E-state index contributed by atoms with van der Waals surface area (Å²) < 4.78 is 35.3. The van der Waals surface area contributed by atoms with E-state index in [1.807, 2.05) is 18.2 Å². The molecule has 0 aliphatic carbocycles. The number of aryl methyl sites for hydroxylation is 2. The zero-order chi connectivity index (χ0) is 23.4. The number of ether oxygens (including phenoxy) is 1. The lowest BCUT2D eigenvalue weighted by atomic mass is 10.1. The van der Waals surface area contributed by atoms with Crippen molar-refractivity contribution in [1.29, 1.82) is 0 Å². The van der Waals surface area contributed by atoms with Crippen molar-refractivity contribution in [2.45, 2.75) is 17.9 Å². The Bertz CT molecular complexity index is 1390. The normalized spacial score (nSPS) is 11.5. The van der Waals surface area contributed by atoms with E-state index in [1.54, 1.807) is 43.0 Å². The molecule has 0 aliphatic rings. The van der Waals surface area contributed by atoms with Crippen molar-refractivity contribution in [2.75, 3.05) is 23.8 Å². The average Bonchev–Trinajstić information content (AvgIpc) is 3.25. The molecule has 3 N–H and O–H groups in total. The summed E-state index contributed by atoms with van der Waals surface area (Å²) in [5.74, 6) is 0.886. The van der Waals surface area contributed by atoms with Gasteiger partial charge in [-0.1, -0.05) is 18.2 Å². The number of imidazole rings is 1. The highest BCUT2D eigenvalue weighted by molar-refractivity contribution is 7.92. The summed E-state index contributed by atoms with van der Waals surface area (Å²) in [4.78, 5) is 13.0. The fraction of sp³-hybridized carbons (Fsp3) is 0.227. The largest absolute Gasteiger partial charge is 0.497 e. The molecule has 2 aromatic heterocycles. The first-order valence-corrected chi connectivity index (χ1v) is 11.7. The average molecular weight is 469 g/mol. The van der Waals surface area contributed by atoms with Crippen LogP contribution in [0.15, 0.2) is 60.0 Å². The number of aliphatic hydroxyl groups is 1. The highest BCUT2D eigenvalue weighted by Crippen LogP contribution is 2.31. The number of methoxy groups -OCH3 is 1. The molecular formula is C22H24N6O4S. The predicted molar refractivity (Wildman–Crippen MR) is 125 cm³/mol. The van der Waals surface area contributed by atoms with Gasteiger partial charge in [0.05, 0.1) is 24.5 Å². The fourth-order valence-electron chi connectivity index (χ4n) is 3.28. The van der Waals surface area contributed by atoms with Gasteiger partial charge in [-0.2, -0.15) is 8.42 Å². The molecule has 4 aromatic rings. The third-order valence-corrected chi connectivity index (χ3v) is 6.16. The Labute approximate surface area is 191 Å². The molecule has 0 spiro atoms. The third kappa shape index (κ3) is 5.04. The van der Waals surface area contributed by atoms with Gasteiger partial charge in [0.2, 0.25) is 0 Å². The smallest absolute Gasteiger partial charge is 0.282 e. The van der Waals surface area contributed by atoms with Crippen LogP contribution in [0.25, 0.3) is 11.0 Å². The lowest BCUT2D eigenvalue weighted by molar-refractivity contribution is 0.288. The molecule has 33 heavy (non-hydrogen) atoms. The van der Waals surface area contributed by atoms with E-state index in [1.165, 1.54) is 12.5 Å². The minimum Gasteiger partial charge on any atom is -0.497 e. The molecular weight excluding hydrogens is 444 g/mol. The van der Waals surface area contributed by atoms with Crippen LogP contribution in [-0.4, -0.2) is 46.8 Å². The highest BCUT2D eigenvalue weighted by Gasteiger charge is 2.21. The maximum Gasteiger partial charge on any atom is 0.282 e. The van der Waals surface area contributed by atoms with E-state index >= 15 is 0 Å². The number of nitrogens with one attached hydrogen (secondary N) is 2. The van der Waals surface area contributed by atoms with Crippen LogP contribution in [0.5, 0.6) is 5.75 Å². The van der Waals surface area contributed by atoms with Crippen molar-refractivity contribution in [3.8, 4) is 5.75 Å². The number of aromatic nitrogens is 4. The van der Waals surface area contributed by atoms with Gasteiger partial charge in [0.15, 0.2) is 16.7 Å². The highest BCUT2D eigenvalue weighted by atomic mass is 32.2. The summed E-state index contributed by atoms with van der Waals surface area (Å²) in [5.41, 5.74) is 2.72. The van der Waals surface area contributed by atoms with Crippen LogP contribution in [-0.2, 0) is 23.5 Å². The second-order valence-corrected chi connectivity index (χ2v) is 9.00. The third-order valence-electron chi connectivity index (χ3n) is 4.93. The van der Waals surface area contributed by atoms with Crippen LogP contribution in [0, 0.1) is 0 Å². The minimum absolute atomic E-state index is 0.0373. The number of sulfonamides is 1. The lowest BCUT2D eigenvalue weighted by Crippen LogP contribution is -2.16. The molecule has 172 valence electrons. The number of nitrogens with zero attached hydrogens (tertiary/aromatic N) is 4. The molecule has 0 fully saturated rings. The molecule has 0 bridgehead atoms. The maximum absolute atomic E-state index is 12.9. The summed E-state index contributed by atoms with van der Waals surface area (Å²) in [6.07, 6.45) is 3.99. The molecule has 0 saturated heterocycles. The standard InChI is InChI=1S/C22H24N6O4S/c1-28-13-20(23-14-28)33(30,31)27-22-21(24-17-7-3-4-8-18(17)25-22)26-19-12-16(32-2)10-9-15(19)6-5-11-29/h3-4,7-10,12-14,29H,5-6,11H2,1-2H3,(H,24,26)(H,25,27). The summed E-state index contributed by atoms with van der Waals surface area (Å²) in [5, 5.41) is 12.3. The van der Waals surface area contributed by atoms with E-state index in [9.17, 15) is 13.5 Å². The molecule has 2 aromatic carbocycles. The number of rotatable bonds is 9. The molecule has 10 nitrogen and oxygen atoms in total. The van der Waals surface area contributed by atoms with E-state index in [0.717, 1.165) is 5.56 Å². The number of fused-ring (bicyclic) bond motifs is 1. The zero-order valence-corrected chi connectivity index (χ0v) is 19.0. The number of hydrogen-bond donors (Lipinski definition) is 3. The van der Waals surface area contributed by atoms with Crippen molar-refractivity contribution >= 4 is 38.4 Å². The SMILES string of the molecule is COc1ccc(CCCO)c(Nc2nc3ccccc3nc2NS(=O)(=O)c2cn(C)cn2)c1. The fourth-order valence-corrected chi connectivity index (χ4v) is 4.27. The molecule has 0 aliphatic heterocycles. The topological polar surface area (TPSA) is 131 Å². The van der Waals surface area contributed by atoms with E-state index in [2.05, 4.69) is 25.0 Å². The van der Waals surface area contributed by atoms with Crippen molar-refractivity contribution in [2.24, 2.45) is 7.05 Å². The maximum atomic E-state index is 12.9. The summed E-state index contributed by atoms with van der Waals surface area (Å²) in [6.45, 7) is 0.0520. The quantitative estimate of drug-likeness (QED) is 0.342. The molecule has 0 atom stereocenters. The number of hydrogen-bond acceptors (Lipinski definition) is 8. The second-order valence-electron chi connectivity index (χ2n) is 7.37. The van der Waals surface area contributed by atoms with Gasteiger partial charge in [-0.05, 0) is 36.6 Å². The number of aliphatic hydroxyl groups excluding tert-OH is 1. The van der Waals surface area contributed by atoms with Gasteiger partial charge >= 0.3 is 0 Å². The predicted octanol–water partition coefficient (Wildman–Crippen LogP) is 2.84. The van der Waals surface area contributed by atoms with E-state index < -0.39 is 10.0 Å². The van der Waals surface area contributed by atoms with Gasteiger partial charge < -0.3 is 19.7 Å². The number of anilines is 3. The lowest BCUT2D eigenvalue weighted by Gasteiger charge is -2.16. The molecule has 11 heteroatoms. The molecule has 0 unspecified atom stereocenters. The Morgan fingerprint density at radius 2 is 1.82 bits per heavy atom. The zero-order valence-electron chi connectivity index (χ0n) is 18.2. The van der Waals surface area contributed by atoms with Crippen molar-refractivity contribution < 1.29 is 18.3 Å². The van der Waals surface area contributed by atoms with Gasteiger partial charge in [0.25, 0.3) is 10.0 Å². The Hall–Kier alpha value is -3.70. The minimum atomic E-state index is -4.00. The number of para-hydroxylation sites is 2. The summed E-state index contributed by atoms with van der Waals surface area (Å²) in [6, 6.07) is 12.7. The second kappa shape index (κ2) is 9.43. The van der Waals surface area contributed by atoms with Gasteiger partial charge in [-0.25, -0.2) is 15.0 Å². The monoisotopic (exact) mass is 468 g/mol.